The summed E-state index contributed by atoms with van der Waals surface area (Å²) >= 11 is 14.8. The smallest absolute Gasteiger partial charge is 0.258 e. The zero-order valence-electron chi connectivity index (χ0n) is 41.9. The highest BCUT2D eigenvalue weighted by atomic mass is 35.5. The number of amidine groups is 2. The highest BCUT2D eigenvalue weighted by Crippen LogP contribution is 2.29. The van der Waals surface area contributed by atoms with Crippen LogP contribution in [0.4, 0.5) is 23.0 Å². The Kier molecular flexibility index (Phi) is 19.8. The average Bonchev–Trinajstić information content (AvgIpc) is 3.86. The van der Waals surface area contributed by atoms with Crippen molar-refractivity contribution in [1.29, 1.82) is 5.41 Å². The Morgan fingerprint density at radius 1 is 0.627 bits per heavy atom. The molecule has 0 aliphatic carbocycles. The molecule has 4 aromatic carbocycles. The van der Waals surface area contributed by atoms with Crippen LogP contribution in [0.5, 0.6) is 0 Å². The first-order valence-electron chi connectivity index (χ1n) is 24.2. The number of piperidine rings is 1. The van der Waals surface area contributed by atoms with Crippen LogP contribution in [0.15, 0.2) is 136 Å². The van der Waals surface area contributed by atoms with Crippen molar-refractivity contribution >= 4 is 111 Å². The Labute approximate surface area is 455 Å². The Balaban J connectivity index is 0.000000223. The number of likely N-dealkylation sites (tertiary alicyclic amines) is 1. The van der Waals surface area contributed by atoms with E-state index in [-0.39, 0.29) is 34.9 Å². The molecule has 5 amide bonds. The molecular weight excluding hydrogens is 1030 g/mol. The molecule has 0 radical (unpaired) electrons. The number of aliphatic imine (C=N–C) groups is 1. The van der Waals surface area contributed by atoms with Gasteiger partial charge in [-0.15, -0.1) is 23.5 Å². The SMILES string of the molecule is CCCSc1ccc(NC(=O)c2ccc(C(=N)N(C)C)cc2)c(C(=O)Nc2ccc(Cl)cn2)c1.CN1CCN=C1c1ccc(C(=O)Nc2ccc(SCC(=O)N3CCCCC3)cc2C(=O)Nc2ccc(Cl)cn2)cc1. The van der Waals surface area contributed by atoms with Gasteiger partial charge in [-0.05, 0) is 116 Å². The van der Waals surface area contributed by atoms with Gasteiger partial charge in [-0.2, -0.15) is 0 Å². The van der Waals surface area contributed by atoms with E-state index in [0.717, 1.165) is 78.8 Å². The van der Waals surface area contributed by atoms with Gasteiger partial charge in [0.1, 0.15) is 23.3 Å². The van der Waals surface area contributed by atoms with Gasteiger partial charge in [-0.25, -0.2) is 9.97 Å². The second-order valence-corrected chi connectivity index (χ2v) is 20.6. The minimum Gasteiger partial charge on any atom is -0.363 e. The maximum absolute atomic E-state index is 13.4. The molecule has 16 nitrogen and oxygen atoms in total. The van der Waals surface area contributed by atoms with E-state index in [9.17, 15) is 24.0 Å². The van der Waals surface area contributed by atoms with E-state index in [0.29, 0.717) is 61.1 Å². The molecule has 0 unspecified atom stereocenters. The van der Waals surface area contributed by atoms with Crippen molar-refractivity contribution in [2.45, 2.75) is 42.4 Å². The van der Waals surface area contributed by atoms with Crippen molar-refractivity contribution in [2.24, 2.45) is 4.99 Å². The zero-order valence-corrected chi connectivity index (χ0v) is 45.1. The van der Waals surface area contributed by atoms with Crippen molar-refractivity contribution in [3.63, 3.8) is 0 Å². The number of aromatic nitrogens is 2. The van der Waals surface area contributed by atoms with Gasteiger partial charge in [0.25, 0.3) is 23.6 Å². The molecular formula is C55H57Cl2N11O5S2. The first kappa shape index (κ1) is 55.5. The average molecular weight is 1090 g/mol. The summed E-state index contributed by atoms with van der Waals surface area (Å²) in [5.74, 6) is 1.67. The maximum Gasteiger partial charge on any atom is 0.258 e. The summed E-state index contributed by atoms with van der Waals surface area (Å²) < 4.78 is 0. The second-order valence-electron chi connectivity index (χ2n) is 17.6. The summed E-state index contributed by atoms with van der Waals surface area (Å²) in [6.45, 7) is 5.29. The van der Waals surface area contributed by atoms with Crippen LogP contribution < -0.4 is 21.3 Å². The lowest BCUT2D eigenvalue weighted by atomic mass is 10.1. The summed E-state index contributed by atoms with van der Waals surface area (Å²) in [6.07, 6.45) is 7.11. The van der Waals surface area contributed by atoms with Gasteiger partial charge < -0.3 is 36.0 Å². The lowest BCUT2D eigenvalue weighted by Gasteiger charge is -2.26. The molecule has 388 valence electrons. The second kappa shape index (κ2) is 26.8. The van der Waals surface area contributed by atoms with Crippen molar-refractivity contribution < 1.29 is 24.0 Å². The highest BCUT2D eigenvalue weighted by molar-refractivity contribution is 8.00. The van der Waals surface area contributed by atoms with Crippen LogP contribution in [0.2, 0.25) is 10.0 Å². The number of rotatable bonds is 16. The number of likely N-dealkylation sites (N-methyl/N-ethyl adjacent to an activating group) is 1. The molecule has 2 aliphatic rings. The number of amides is 5. The van der Waals surface area contributed by atoms with Crippen LogP contribution >= 0.6 is 46.7 Å². The van der Waals surface area contributed by atoms with Gasteiger partial charge in [0.2, 0.25) is 5.91 Å². The summed E-state index contributed by atoms with van der Waals surface area (Å²) in [4.78, 5) is 85.3. The molecule has 8 rings (SSSR count). The van der Waals surface area contributed by atoms with Crippen molar-refractivity contribution in [3.05, 3.63) is 165 Å². The normalized spacial score (nSPS) is 12.9. The first-order chi connectivity index (χ1) is 36.1. The number of pyridine rings is 2. The van der Waals surface area contributed by atoms with Crippen LogP contribution in [-0.2, 0) is 4.79 Å². The third kappa shape index (κ3) is 15.6. The topological polar surface area (TPSA) is 205 Å². The van der Waals surface area contributed by atoms with Crippen molar-refractivity contribution in [2.75, 3.05) is 80.1 Å². The number of hydrogen-bond acceptors (Lipinski definition) is 12. The summed E-state index contributed by atoms with van der Waals surface area (Å²) in [6, 6.07) is 31.0. The van der Waals surface area contributed by atoms with Gasteiger partial charge in [0.05, 0.1) is 44.8 Å². The van der Waals surface area contributed by atoms with Crippen molar-refractivity contribution in [3.8, 4) is 0 Å². The number of benzene rings is 4. The standard InChI is InChI=1S/C30H31ClN6O3S.C25H26ClN5O2S/c1-36-16-13-32-28(36)20-5-7-21(8-6-20)29(39)34-25-11-10-23(41-19-27(38)37-14-3-2-4-15-37)17-24(25)30(40)35-26-12-9-22(31)18-33-26;1-4-13-34-19-10-11-21(20(14-19)25(33)30-22-12-9-18(26)15-28-22)29-24(32)17-7-5-16(6-8-17)23(27)31(2)3/h5-12,17-18H,2-4,13-16,19H2,1H3,(H,34,39)(H,33,35,40);5-12,14-15,27H,4,13H2,1-3H3,(H,29,32)(H,28,30,33). The first-order valence-corrected chi connectivity index (χ1v) is 26.9. The molecule has 6 aromatic rings. The number of hydrogen-bond donors (Lipinski definition) is 5. The van der Waals surface area contributed by atoms with E-state index in [2.05, 4.69) is 48.1 Å². The molecule has 75 heavy (non-hydrogen) atoms. The third-order valence-corrected chi connectivity index (χ3v) is 14.4. The molecule has 2 aliphatic heterocycles. The molecule has 0 bridgehead atoms. The predicted molar refractivity (Wildman–Crippen MR) is 303 cm³/mol. The molecule has 5 N–H and O–H groups in total. The van der Waals surface area contributed by atoms with Gasteiger partial charge >= 0.3 is 0 Å². The molecule has 1 fully saturated rings. The Morgan fingerprint density at radius 3 is 1.60 bits per heavy atom. The number of carbonyl (C=O) groups excluding carboxylic acids is 5. The fourth-order valence-electron chi connectivity index (χ4n) is 7.73. The van der Waals surface area contributed by atoms with Crippen LogP contribution in [-0.4, -0.2) is 125 Å². The van der Waals surface area contributed by atoms with Gasteiger partial charge in [-0.1, -0.05) is 54.4 Å². The summed E-state index contributed by atoms with van der Waals surface area (Å²) in [5, 5.41) is 20.2. The largest absolute Gasteiger partial charge is 0.363 e. The summed E-state index contributed by atoms with van der Waals surface area (Å²) in [5.41, 5.74) is 3.84. The van der Waals surface area contributed by atoms with Gasteiger partial charge in [0.15, 0.2) is 0 Å². The molecule has 0 atom stereocenters. The fraction of sp³-hybridized carbons (Fsp3) is 0.255. The lowest BCUT2D eigenvalue weighted by molar-refractivity contribution is -0.129. The van der Waals surface area contributed by atoms with E-state index in [1.807, 2.05) is 30.1 Å². The monoisotopic (exact) mass is 1090 g/mol. The molecule has 20 heteroatoms. The van der Waals surface area contributed by atoms with E-state index in [1.165, 1.54) is 24.2 Å². The number of carbonyl (C=O) groups is 5. The Hall–Kier alpha value is -7.25. The molecule has 4 heterocycles. The van der Waals surface area contributed by atoms with Gasteiger partial charge in [-0.3, -0.25) is 34.4 Å². The fourth-order valence-corrected chi connectivity index (χ4v) is 9.59. The minimum absolute atomic E-state index is 0.0849. The molecule has 0 saturated carbocycles. The molecule has 1 saturated heterocycles. The number of halogens is 2. The third-order valence-electron chi connectivity index (χ3n) is 11.8. The Morgan fingerprint density at radius 2 is 1.13 bits per heavy atom. The number of thioether (sulfide) groups is 2. The van der Waals surface area contributed by atoms with Crippen LogP contribution in [0.25, 0.3) is 0 Å². The van der Waals surface area contributed by atoms with E-state index < -0.39 is 5.91 Å². The minimum atomic E-state index is -0.447. The molecule has 2 aromatic heterocycles. The van der Waals surface area contributed by atoms with Crippen LogP contribution in [0.3, 0.4) is 0 Å². The van der Waals surface area contributed by atoms with Crippen molar-refractivity contribution in [1.82, 2.24) is 24.7 Å². The quantitative estimate of drug-likeness (QED) is 0.0350. The zero-order chi connectivity index (χ0) is 53.4. The maximum atomic E-state index is 13.4. The highest BCUT2D eigenvalue weighted by Gasteiger charge is 2.22. The lowest BCUT2D eigenvalue weighted by Crippen LogP contribution is -2.36. The van der Waals surface area contributed by atoms with Crippen LogP contribution in [0, 0.1) is 5.41 Å². The number of nitrogens with one attached hydrogen (secondary N) is 5. The number of anilines is 4. The van der Waals surface area contributed by atoms with Crippen LogP contribution in [0.1, 0.15) is 85.2 Å². The predicted octanol–water partition coefficient (Wildman–Crippen LogP) is 10.7. The Bertz CT molecular complexity index is 3050. The van der Waals surface area contributed by atoms with Gasteiger partial charge in [0, 0.05) is 85.2 Å². The number of nitrogens with zero attached hydrogens (tertiary/aromatic N) is 6. The van der Waals surface area contributed by atoms with E-state index in [1.54, 1.807) is 122 Å². The van der Waals surface area contributed by atoms with E-state index in [4.69, 9.17) is 28.6 Å². The van der Waals surface area contributed by atoms with E-state index >= 15 is 0 Å². The summed E-state index contributed by atoms with van der Waals surface area (Å²) in [7, 11) is 5.57. The molecule has 0 spiro atoms.